The molecule has 0 aliphatic carbocycles. The van der Waals surface area contributed by atoms with Crippen molar-refractivity contribution in [1.29, 1.82) is 0 Å². The van der Waals surface area contributed by atoms with E-state index in [0.29, 0.717) is 72.0 Å². The summed E-state index contributed by atoms with van der Waals surface area (Å²) in [4.78, 5) is 19.1. The largest absolute Gasteiger partial charge is 0.493 e. The van der Waals surface area contributed by atoms with Crippen LogP contribution in [-0.4, -0.2) is 68.6 Å². The zero-order valence-electron chi connectivity index (χ0n) is 17.6. The summed E-state index contributed by atoms with van der Waals surface area (Å²) >= 11 is 0. The minimum atomic E-state index is -0.0431. The number of ether oxygens (including phenoxy) is 4. The zero-order chi connectivity index (χ0) is 21.8. The van der Waals surface area contributed by atoms with Crippen molar-refractivity contribution in [1.82, 2.24) is 15.0 Å². The van der Waals surface area contributed by atoms with E-state index in [-0.39, 0.29) is 5.91 Å². The summed E-state index contributed by atoms with van der Waals surface area (Å²) in [5.41, 5.74) is 1.87. The average Bonchev–Trinajstić information content (AvgIpc) is 3.33. The number of hydrogen-bond acceptors (Lipinski definition) is 8. The SMILES string of the molecule is COc1cc(-c2nc(-c3cccc(C(=O)N4CCOCC4)c3)no2)cc(OC)c1OC. The monoisotopic (exact) mass is 425 g/mol. The van der Waals surface area contributed by atoms with Gasteiger partial charge in [-0.2, -0.15) is 4.98 Å². The molecule has 1 saturated heterocycles. The number of nitrogens with zero attached hydrogens (tertiary/aromatic N) is 3. The molecule has 31 heavy (non-hydrogen) atoms. The molecule has 1 aliphatic heterocycles. The maximum absolute atomic E-state index is 12.8. The molecule has 0 bridgehead atoms. The second kappa shape index (κ2) is 9.05. The van der Waals surface area contributed by atoms with E-state index in [2.05, 4.69) is 10.1 Å². The van der Waals surface area contributed by atoms with E-state index in [0.717, 1.165) is 0 Å². The lowest BCUT2D eigenvalue weighted by Gasteiger charge is -2.26. The number of carbonyl (C=O) groups excluding carboxylic acids is 1. The van der Waals surface area contributed by atoms with Crippen LogP contribution in [0.15, 0.2) is 40.9 Å². The van der Waals surface area contributed by atoms with Gasteiger partial charge in [-0.1, -0.05) is 17.3 Å². The van der Waals surface area contributed by atoms with Crippen LogP contribution in [0.4, 0.5) is 0 Å². The van der Waals surface area contributed by atoms with Gasteiger partial charge in [0.15, 0.2) is 11.5 Å². The Kier molecular flexibility index (Phi) is 6.03. The summed E-state index contributed by atoms with van der Waals surface area (Å²) < 4.78 is 26.9. The topological polar surface area (TPSA) is 96.2 Å². The number of amides is 1. The van der Waals surface area contributed by atoms with Crippen molar-refractivity contribution in [2.75, 3.05) is 47.6 Å². The van der Waals surface area contributed by atoms with Gasteiger partial charge in [-0.3, -0.25) is 4.79 Å². The second-order valence-electron chi connectivity index (χ2n) is 6.82. The Hall–Kier alpha value is -3.59. The Morgan fingerprint density at radius 3 is 2.32 bits per heavy atom. The normalized spacial score (nSPS) is 13.7. The van der Waals surface area contributed by atoms with E-state index in [1.807, 2.05) is 6.07 Å². The molecular formula is C22H23N3O6. The van der Waals surface area contributed by atoms with Crippen LogP contribution in [0, 0.1) is 0 Å². The average molecular weight is 425 g/mol. The highest BCUT2D eigenvalue weighted by Gasteiger charge is 2.21. The summed E-state index contributed by atoms with van der Waals surface area (Å²) in [7, 11) is 4.62. The predicted octanol–water partition coefficient (Wildman–Crippen LogP) is 2.90. The van der Waals surface area contributed by atoms with Crippen LogP contribution in [0.2, 0.25) is 0 Å². The van der Waals surface area contributed by atoms with Crippen LogP contribution >= 0.6 is 0 Å². The first-order valence-corrected chi connectivity index (χ1v) is 9.76. The fourth-order valence-corrected chi connectivity index (χ4v) is 3.40. The highest BCUT2D eigenvalue weighted by Crippen LogP contribution is 2.41. The Morgan fingerprint density at radius 2 is 1.68 bits per heavy atom. The van der Waals surface area contributed by atoms with E-state index >= 15 is 0 Å². The van der Waals surface area contributed by atoms with Gasteiger partial charge in [0.2, 0.25) is 11.6 Å². The fourth-order valence-electron chi connectivity index (χ4n) is 3.40. The van der Waals surface area contributed by atoms with Crippen LogP contribution in [0.25, 0.3) is 22.8 Å². The molecule has 0 saturated carbocycles. The molecule has 1 amide bonds. The summed E-state index contributed by atoms with van der Waals surface area (Å²) in [6.45, 7) is 2.26. The standard InChI is InChI=1S/C22H23N3O6/c1-27-17-12-16(13-18(28-2)19(17)29-3)21-23-20(24-31-21)14-5-4-6-15(11-14)22(26)25-7-9-30-10-8-25/h4-6,11-13H,7-10H2,1-3H3. The van der Waals surface area contributed by atoms with Gasteiger partial charge in [-0.15, -0.1) is 0 Å². The first-order chi connectivity index (χ1) is 15.1. The fraction of sp³-hybridized carbons (Fsp3) is 0.318. The van der Waals surface area contributed by atoms with E-state index in [9.17, 15) is 4.79 Å². The molecule has 1 aliphatic rings. The van der Waals surface area contributed by atoms with Gasteiger partial charge < -0.3 is 28.4 Å². The molecule has 2 aromatic carbocycles. The smallest absolute Gasteiger partial charge is 0.258 e. The van der Waals surface area contributed by atoms with Crippen LogP contribution in [0.1, 0.15) is 10.4 Å². The molecule has 2 heterocycles. The summed E-state index contributed by atoms with van der Waals surface area (Å²) in [6, 6.07) is 10.6. The molecule has 1 fully saturated rings. The van der Waals surface area contributed by atoms with Crippen LogP contribution in [0.3, 0.4) is 0 Å². The highest BCUT2D eigenvalue weighted by molar-refractivity contribution is 5.95. The van der Waals surface area contributed by atoms with Crippen LogP contribution in [-0.2, 0) is 4.74 Å². The summed E-state index contributed by atoms with van der Waals surface area (Å²) in [6.07, 6.45) is 0. The Labute approximate surface area is 179 Å². The van der Waals surface area contributed by atoms with Crippen molar-refractivity contribution in [3.05, 3.63) is 42.0 Å². The molecule has 0 spiro atoms. The lowest BCUT2D eigenvalue weighted by molar-refractivity contribution is 0.0303. The van der Waals surface area contributed by atoms with E-state index in [1.54, 1.807) is 35.2 Å². The number of carbonyl (C=O) groups is 1. The third-order valence-electron chi connectivity index (χ3n) is 5.00. The predicted molar refractivity (Wildman–Crippen MR) is 112 cm³/mol. The lowest BCUT2D eigenvalue weighted by atomic mass is 10.1. The highest BCUT2D eigenvalue weighted by atomic mass is 16.5. The summed E-state index contributed by atoms with van der Waals surface area (Å²) in [5, 5.41) is 4.09. The van der Waals surface area contributed by atoms with Gasteiger partial charge in [0, 0.05) is 29.8 Å². The van der Waals surface area contributed by atoms with Gasteiger partial charge in [0.25, 0.3) is 11.8 Å². The van der Waals surface area contributed by atoms with Gasteiger partial charge in [0.1, 0.15) is 0 Å². The summed E-state index contributed by atoms with van der Waals surface area (Å²) in [5.74, 6) is 2.06. The van der Waals surface area contributed by atoms with Crippen LogP contribution < -0.4 is 14.2 Å². The molecule has 9 heteroatoms. The van der Waals surface area contributed by atoms with E-state index in [4.69, 9.17) is 23.5 Å². The molecule has 1 aromatic heterocycles. The maximum atomic E-state index is 12.8. The molecule has 9 nitrogen and oxygen atoms in total. The maximum Gasteiger partial charge on any atom is 0.258 e. The van der Waals surface area contributed by atoms with Gasteiger partial charge in [0.05, 0.1) is 34.5 Å². The lowest BCUT2D eigenvalue weighted by Crippen LogP contribution is -2.40. The number of benzene rings is 2. The van der Waals surface area contributed by atoms with E-state index in [1.165, 1.54) is 21.3 Å². The van der Waals surface area contributed by atoms with Crippen molar-refractivity contribution >= 4 is 5.91 Å². The second-order valence-corrected chi connectivity index (χ2v) is 6.82. The number of aromatic nitrogens is 2. The third kappa shape index (κ3) is 4.17. The molecule has 0 N–H and O–H groups in total. The quantitative estimate of drug-likeness (QED) is 0.595. The van der Waals surface area contributed by atoms with Crippen molar-refractivity contribution < 1.29 is 28.3 Å². The van der Waals surface area contributed by atoms with Gasteiger partial charge >= 0.3 is 0 Å². The van der Waals surface area contributed by atoms with Gasteiger partial charge in [-0.05, 0) is 24.3 Å². The number of morpholine rings is 1. The molecule has 4 rings (SSSR count). The zero-order valence-corrected chi connectivity index (χ0v) is 17.6. The van der Waals surface area contributed by atoms with E-state index < -0.39 is 0 Å². The molecular weight excluding hydrogens is 402 g/mol. The number of rotatable bonds is 6. The van der Waals surface area contributed by atoms with Crippen molar-refractivity contribution in [2.45, 2.75) is 0 Å². The van der Waals surface area contributed by atoms with Crippen molar-refractivity contribution in [2.24, 2.45) is 0 Å². The third-order valence-corrected chi connectivity index (χ3v) is 5.00. The molecule has 0 unspecified atom stereocenters. The molecule has 0 radical (unpaired) electrons. The van der Waals surface area contributed by atoms with Crippen molar-refractivity contribution in [3.8, 4) is 40.1 Å². The minimum absolute atomic E-state index is 0.0431. The van der Waals surface area contributed by atoms with Crippen LogP contribution in [0.5, 0.6) is 17.2 Å². The van der Waals surface area contributed by atoms with Crippen molar-refractivity contribution in [3.63, 3.8) is 0 Å². The molecule has 3 aromatic rings. The molecule has 162 valence electrons. The molecule has 0 atom stereocenters. The number of hydrogen-bond donors (Lipinski definition) is 0. The number of methoxy groups -OCH3 is 3. The Balaban J connectivity index is 1.63. The first kappa shape index (κ1) is 20.7. The Morgan fingerprint density at radius 1 is 0.968 bits per heavy atom. The van der Waals surface area contributed by atoms with Gasteiger partial charge in [-0.25, -0.2) is 0 Å². The first-order valence-electron chi connectivity index (χ1n) is 9.76. The Bertz CT molecular complexity index is 1050. The minimum Gasteiger partial charge on any atom is -0.493 e.